The molecule has 1 unspecified atom stereocenters. The Morgan fingerprint density at radius 3 is 2.33 bits per heavy atom. The smallest absolute Gasteiger partial charge is 0.104 e. The molecule has 90 valence electrons. The molecule has 0 spiro atoms. The van der Waals surface area contributed by atoms with E-state index in [1.807, 2.05) is 6.92 Å². The molecule has 1 atom stereocenters. The second-order valence-electron chi connectivity index (χ2n) is 3.87. The Bertz CT molecular complexity index is 170. The van der Waals surface area contributed by atoms with E-state index in [4.69, 9.17) is 14.2 Å². The zero-order valence-electron chi connectivity index (χ0n) is 9.01. The van der Waals surface area contributed by atoms with Gasteiger partial charge in [-0.2, -0.15) is 0 Å². The van der Waals surface area contributed by atoms with Crippen LogP contribution in [0.15, 0.2) is 0 Å². The van der Waals surface area contributed by atoms with Crippen molar-refractivity contribution in [1.82, 2.24) is 0 Å². The number of rotatable bonds is 9. The lowest BCUT2D eigenvalue weighted by Crippen LogP contribution is -2.36. The molecule has 0 saturated carbocycles. The number of ether oxygens (including phenoxy) is 3. The third-order valence-electron chi connectivity index (χ3n) is 2.29. The van der Waals surface area contributed by atoms with Crippen molar-refractivity contribution in [3.63, 3.8) is 0 Å². The Hall–Kier alpha value is 0.840. The van der Waals surface area contributed by atoms with Crippen molar-refractivity contribution in [3.8, 4) is 0 Å². The zero-order chi connectivity index (χ0) is 11.1. The Labute approximate surface area is 108 Å². The molecule has 0 amide bonds. The number of halogens is 2. The van der Waals surface area contributed by atoms with E-state index in [9.17, 15) is 0 Å². The molecular formula is C10H18Br2O3. The summed E-state index contributed by atoms with van der Waals surface area (Å²) in [5.74, 6) is 0. The van der Waals surface area contributed by atoms with Crippen molar-refractivity contribution in [1.29, 1.82) is 0 Å². The number of alkyl halides is 2. The molecule has 0 aromatic carbocycles. The van der Waals surface area contributed by atoms with E-state index in [0.717, 1.165) is 23.9 Å². The monoisotopic (exact) mass is 344 g/mol. The van der Waals surface area contributed by atoms with Gasteiger partial charge < -0.3 is 14.2 Å². The molecule has 0 aromatic rings. The molecule has 0 aliphatic carbocycles. The van der Waals surface area contributed by atoms with Crippen LogP contribution in [0, 0.1) is 5.41 Å². The zero-order valence-corrected chi connectivity index (χ0v) is 12.2. The lowest BCUT2D eigenvalue weighted by molar-refractivity contribution is 0.00243. The van der Waals surface area contributed by atoms with Crippen molar-refractivity contribution in [3.05, 3.63) is 0 Å². The molecule has 15 heavy (non-hydrogen) atoms. The van der Waals surface area contributed by atoms with Crippen LogP contribution < -0.4 is 0 Å². The predicted molar refractivity (Wildman–Crippen MR) is 67.1 cm³/mol. The van der Waals surface area contributed by atoms with Crippen LogP contribution in [0.3, 0.4) is 0 Å². The van der Waals surface area contributed by atoms with E-state index in [-0.39, 0.29) is 5.41 Å². The van der Waals surface area contributed by atoms with Gasteiger partial charge in [0.1, 0.15) is 6.10 Å². The van der Waals surface area contributed by atoms with Crippen molar-refractivity contribution >= 4 is 31.9 Å². The lowest BCUT2D eigenvalue weighted by Gasteiger charge is -2.29. The standard InChI is InChI=1S/C10H18Br2O3/c1-2-13-7-10(5-11,6-12)8-14-3-9-4-15-9/h9H,2-8H2,1H3. The van der Waals surface area contributed by atoms with E-state index in [0.29, 0.717) is 25.9 Å². The molecule has 1 saturated heterocycles. The molecule has 0 N–H and O–H groups in total. The van der Waals surface area contributed by atoms with E-state index in [2.05, 4.69) is 31.9 Å². The normalized spacial score (nSPS) is 20.6. The summed E-state index contributed by atoms with van der Waals surface area (Å²) >= 11 is 7.05. The van der Waals surface area contributed by atoms with Gasteiger partial charge in [0.15, 0.2) is 0 Å². The predicted octanol–water partition coefficient (Wildman–Crippen LogP) is 2.21. The van der Waals surface area contributed by atoms with Crippen LogP contribution in [0.4, 0.5) is 0 Å². The van der Waals surface area contributed by atoms with E-state index < -0.39 is 0 Å². The minimum absolute atomic E-state index is 0.0326. The van der Waals surface area contributed by atoms with E-state index in [1.54, 1.807) is 0 Å². The highest BCUT2D eigenvalue weighted by Gasteiger charge is 2.30. The topological polar surface area (TPSA) is 31.0 Å². The minimum Gasteiger partial charge on any atom is -0.381 e. The minimum atomic E-state index is 0.0326. The average Bonchev–Trinajstić information content (AvgIpc) is 3.07. The van der Waals surface area contributed by atoms with E-state index in [1.165, 1.54) is 0 Å². The Morgan fingerprint density at radius 2 is 1.87 bits per heavy atom. The van der Waals surface area contributed by atoms with Gasteiger partial charge in [0.05, 0.1) is 26.4 Å². The quantitative estimate of drug-likeness (QED) is 0.474. The molecule has 3 nitrogen and oxygen atoms in total. The molecule has 1 heterocycles. The molecular weight excluding hydrogens is 328 g/mol. The second kappa shape index (κ2) is 7.22. The van der Waals surface area contributed by atoms with Gasteiger partial charge in [-0.15, -0.1) is 0 Å². The van der Waals surface area contributed by atoms with Crippen LogP contribution in [0.1, 0.15) is 6.92 Å². The largest absolute Gasteiger partial charge is 0.381 e. The second-order valence-corrected chi connectivity index (χ2v) is 5.00. The summed E-state index contributed by atoms with van der Waals surface area (Å²) in [5.41, 5.74) is 0.0326. The molecule has 0 aromatic heterocycles. The fourth-order valence-corrected chi connectivity index (χ4v) is 2.70. The first-order chi connectivity index (χ1) is 7.26. The average molecular weight is 346 g/mol. The highest BCUT2D eigenvalue weighted by molar-refractivity contribution is 9.09. The first kappa shape index (κ1) is 13.9. The van der Waals surface area contributed by atoms with Gasteiger partial charge in [-0.05, 0) is 6.92 Å². The maximum atomic E-state index is 5.64. The van der Waals surface area contributed by atoms with E-state index >= 15 is 0 Å². The van der Waals surface area contributed by atoms with Crippen molar-refractivity contribution in [2.75, 3.05) is 43.7 Å². The molecule has 0 bridgehead atoms. The molecule has 5 heteroatoms. The van der Waals surface area contributed by atoms with Gasteiger partial charge in [-0.25, -0.2) is 0 Å². The maximum absolute atomic E-state index is 5.64. The highest BCUT2D eigenvalue weighted by atomic mass is 79.9. The SMILES string of the molecule is CCOCC(CBr)(CBr)COCC1CO1. The summed E-state index contributed by atoms with van der Waals surface area (Å²) in [6.45, 7) is 5.71. The van der Waals surface area contributed by atoms with Crippen LogP contribution in [0.25, 0.3) is 0 Å². The van der Waals surface area contributed by atoms with Crippen LogP contribution in [0.2, 0.25) is 0 Å². The Kier molecular flexibility index (Phi) is 6.69. The summed E-state index contributed by atoms with van der Waals surface area (Å²) in [4.78, 5) is 0. The highest BCUT2D eigenvalue weighted by Crippen LogP contribution is 2.25. The van der Waals surface area contributed by atoms with Crippen LogP contribution in [-0.4, -0.2) is 49.8 Å². The number of hydrogen-bond donors (Lipinski definition) is 0. The number of epoxide rings is 1. The maximum Gasteiger partial charge on any atom is 0.104 e. The number of hydrogen-bond acceptors (Lipinski definition) is 3. The lowest BCUT2D eigenvalue weighted by atomic mass is 9.96. The third kappa shape index (κ3) is 5.13. The van der Waals surface area contributed by atoms with Crippen molar-refractivity contribution in [2.24, 2.45) is 5.41 Å². The molecule has 1 fully saturated rings. The Balaban J connectivity index is 2.24. The van der Waals surface area contributed by atoms with Gasteiger partial charge in [0, 0.05) is 22.7 Å². The summed E-state index contributed by atoms with van der Waals surface area (Å²) in [7, 11) is 0. The van der Waals surface area contributed by atoms with Crippen LogP contribution >= 0.6 is 31.9 Å². The van der Waals surface area contributed by atoms with Gasteiger partial charge in [0.25, 0.3) is 0 Å². The molecule has 0 radical (unpaired) electrons. The molecule has 1 aliphatic heterocycles. The molecule has 1 rings (SSSR count). The van der Waals surface area contributed by atoms with Gasteiger partial charge in [-0.1, -0.05) is 31.9 Å². The summed E-state index contributed by atoms with van der Waals surface area (Å²) in [6, 6.07) is 0. The van der Waals surface area contributed by atoms with Crippen molar-refractivity contribution in [2.45, 2.75) is 13.0 Å². The summed E-state index contributed by atoms with van der Waals surface area (Å²) < 4.78 is 16.2. The fraction of sp³-hybridized carbons (Fsp3) is 1.00. The van der Waals surface area contributed by atoms with Gasteiger partial charge in [-0.3, -0.25) is 0 Å². The Morgan fingerprint density at radius 1 is 1.27 bits per heavy atom. The van der Waals surface area contributed by atoms with Gasteiger partial charge >= 0.3 is 0 Å². The van der Waals surface area contributed by atoms with Crippen LogP contribution in [0.5, 0.6) is 0 Å². The fourth-order valence-electron chi connectivity index (χ4n) is 1.12. The van der Waals surface area contributed by atoms with Gasteiger partial charge in [0.2, 0.25) is 0 Å². The first-order valence-corrected chi connectivity index (χ1v) is 7.39. The van der Waals surface area contributed by atoms with Crippen molar-refractivity contribution < 1.29 is 14.2 Å². The summed E-state index contributed by atoms with van der Waals surface area (Å²) in [6.07, 6.45) is 0.334. The molecule has 1 aliphatic rings. The summed E-state index contributed by atoms with van der Waals surface area (Å²) in [5, 5.41) is 1.74. The third-order valence-corrected chi connectivity index (χ3v) is 4.67. The first-order valence-electron chi connectivity index (χ1n) is 5.15. The van der Waals surface area contributed by atoms with Crippen LogP contribution in [-0.2, 0) is 14.2 Å².